The molecule has 2 N–H and O–H groups in total. The normalized spacial score (nSPS) is 23.4. The fraction of sp³-hybridized carbons (Fsp3) is 0.333. The van der Waals surface area contributed by atoms with Crippen LogP contribution in [0, 0.1) is 0 Å². The molecule has 1 aliphatic heterocycles. The second-order valence-electron chi connectivity index (χ2n) is 21.5. The van der Waals surface area contributed by atoms with Crippen molar-refractivity contribution < 1.29 is 67.1 Å². The maximum Gasteiger partial charge on any atom is 0.187 e. The minimum atomic E-state index is -1.26. The summed E-state index contributed by atoms with van der Waals surface area (Å²) in [5.74, 6) is 0.683. The van der Waals surface area contributed by atoms with Gasteiger partial charge in [0.05, 0.1) is 79.8 Å². The molecule has 14 heteroatoms. The molecular formula is C72H78O14. The Hall–Kier alpha value is -6.96. The van der Waals surface area contributed by atoms with Crippen LogP contribution in [0.25, 0.3) is 0 Å². The van der Waals surface area contributed by atoms with E-state index in [-0.39, 0.29) is 59.5 Å². The minimum absolute atomic E-state index is 0.0664. The average Bonchev–Trinajstić information content (AvgIpc) is 1.08. The summed E-state index contributed by atoms with van der Waals surface area (Å²) >= 11 is 0. The van der Waals surface area contributed by atoms with Crippen LogP contribution in [0.1, 0.15) is 44.5 Å². The Morgan fingerprint density at radius 1 is 0.337 bits per heavy atom. The first-order valence-electron chi connectivity index (χ1n) is 29.5. The van der Waals surface area contributed by atoms with Gasteiger partial charge in [-0.1, -0.05) is 224 Å². The van der Waals surface area contributed by atoms with Gasteiger partial charge in [0.15, 0.2) is 6.29 Å². The Kier molecular flexibility index (Phi) is 24.0. The Morgan fingerprint density at radius 2 is 0.628 bits per heavy atom. The van der Waals surface area contributed by atoms with Crippen LogP contribution in [-0.4, -0.2) is 111 Å². The van der Waals surface area contributed by atoms with E-state index < -0.39 is 80.0 Å². The van der Waals surface area contributed by atoms with E-state index in [4.69, 9.17) is 56.8 Å². The molecule has 12 atom stereocenters. The molecule has 0 unspecified atom stereocenters. The first-order chi connectivity index (χ1) is 42.5. The number of hydrogen-bond donors (Lipinski definition) is 2. The lowest BCUT2D eigenvalue weighted by Gasteiger charge is -2.52. The molecule has 8 aromatic carbocycles. The van der Waals surface area contributed by atoms with Crippen molar-refractivity contribution in [1.82, 2.24) is 0 Å². The molecule has 14 nitrogen and oxygen atoms in total. The van der Waals surface area contributed by atoms with Crippen LogP contribution in [0.2, 0.25) is 0 Å². The van der Waals surface area contributed by atoms with Gasteiger partial charge >= 0.3 is 0 Å². The third-order valence-corrected chi connectivity index (χ3v) is 15.2. The highest BCUT2D eigenvalue weighted by Gasteiger charge is 2.58. The van der Waals surface area contributed by atoms with Gasteiger partial charge in [0, 0.05) is 0 Å². The van der Waals surface area contributed by atoms with E-state index in [0.717, 1.165) is 44.5 Å². The van der Waals surface area contributed by atoms with E-state index >= 15 is 0 Å². The second-order valence-corrected chi connectivity index (χ2v) is 21.5. The highest BCUT2D eigenvalue weighted by molar-refractivity contribution is 5.27. The van der Waals surface area contributed by atoms with E-state index in [1.54, 1.807) is 7.11 Å². The zero-order valence-electron chi connectivity index (χ0n) is 48.5. The van der Waals surface area contributed by atoms with Crippen molar-refractivity contribution in [3.63, 3.8) is 0 Å². The summed E-state index contributed by atoms with van der Waals surface area (Å²) in [6.07, 6.45) is -12.1. The molecule has 0 amide bonds. The van der Waals surface area contributed by atoms with Crippen molar-refractivity contribution in [2.45, 2.75) is 126 Å². The van der Waals surface area contributed by atoms with Gasteiger partial charge in [-0.05, 0) is 56.6 Å². The molecule has 86 heavy (non-hydrogen) atoms. The Bertz CT molecular complexity index is 3100. The molecule has 0 bridgehead atoms. The summed E-state index contributed by atoms with van der Waals surface area (Å²) in [6, 6.07) is 77.2. The predicted octanol–water partition coefficient (Wildman–Crippen LogP) is 11.2. The largest absolute Gasteiger partial charge is 0.497 e. The molecule has 450 valence electrons. The fourth-order valence-electron chi connectivity index (χ4n) is 10.7. The lowest BCUT2D eigenvalue weighted by molar-refractivity contribution is -0.366. The van der Waals surface area contributed by atoms with Crippen LogP contribution in [0.4, 0.5) is 0 Å². The van der Waals surface area contributed by atoms with Crippen LogP contribution in [-0.2, 0) is 105 Å². The van der Waals surface area contributed by atoms with E-state index in [9.17, 15) is 10.2 Å². The van der Waals surface area contributed by atoms with Crippen molar-refractivity contribution in [2.24, 2.45) is 0 Å². The lowest BCUT2D eigenvalue weighted by Crippen LogP contribution is -2.70. The quantitative estimate of drug-likeness (QED) is 0.0411. The van der Waals surface area contributed by atoms with E-state index in [2.05, 4.69) is 0 Å². The molecule has 8 aromatic rings. The van der Waals surface area contributed by atoms with Crippen LogP contribution in [0.3, 0.4) is 0 Å². The molecular weight excluding hydrogens is 1090 g/mol. The van der Waals surface area contributed by atoms with Gasteiger partial charge in [-0.25, -0.2) is 0 Å². The van der Waals surface area contributed by atoms with Crippen molar-refractivity contribution in [1.29, 1.82) is 0 Å². The Morgan fingerprint density at radius 3 is 0.977 bits per heavy atom. The van der Waals surface area contributed by atoms with Crippen molar-refractivity contribution in [3.05, 3.63) is 281 Å². The van der Waals surface area contributed by atoms with Gasteiger partial charge in [-0.3, -0.25) is 0 Å². The monoisotopic (exact) mass is 1170 g/mol. The molecule has 2 aliphatic rings. The molecule has 0 radical (unpaired) electrons. The van der Waals surface area contributed by atoms with Gasteiger partial charge in [0.2, 0.25) is 0 Å². The van der Waals surface area contributed by atoms with Gasteiger partial charge in [0.1, 0.15) is 72.9 Å². The van der Waals surface area contributed by atoms with E-state index in [0.29, 0.717) is 12.4 Å². The van der Waals surface area contributed by atoms with Crippen molar-refractivity contribution in [3.8, 4) is 5.75 Å². The topological polar surface area (TPSA) is 151 Å². The number of hydrogen-bond acceptors (Lipinski definition) is 14. The fourth-order valence-corrected chi connectivity index (χ4v) is 10.7. The molecule has 1 saturated carbocycles. The van der Waals surface area contributed by atoms with Crippen LogP contribution < -0.4 is 4.74 Å². The number of aliphatic hydroxyl groups excluding tert-OH is 2. The summed E-state index contributed by atoms with van der Waals surface area (Å²) in [7, 11) is 1.62. The van der Waals surface area contributed by atoms with Crippen molar-refractivity contribution in [2.75, 3.05) is 26.9 Å². The summed E-state index contributed by atoms with van der Waals surface area (Å²) in [4.78, 5) is 0. The number of rotatable bonds is 32. The molecule has 0 aromatic heterocycles. The number of aliphatic hydroxyl groups is 2. The van der Waals surface area contributed by atoms with Crippen LogP contribution in [0.15, 0.2) is 237 Å². The average molecular weight is 1170 g/mol. The molecule has 0 spiro atoms. The van der Waals surface area contributed by atoms with Gasteiger partial charge < -0.3 is 67.1 Å². The smallest absolute Gasteiger partial charge is 0.187 e. The zero-order valence-corrected chi connectivity index (χ0v) is 48.5. The number of ether oxygens (including phenoxy) is 12. The van der Waals surface area contributed by atoms with Gasteiger partial charge in [0.25, 0.3) is 0 Å². The molecule has 10 rings (SSSR count). The van der Waals surface area contributed by atoms with Gasteiger partial charge in [-0.2, -0.15) is 0 Å². The SMILES string of the molecule is COc1ccc(CO[C@@H]2[C@@H](OC[C@@H](O)CO)[C@H](OCc3ccccc3)[C@@H](OCc3ccccc3)[C@H](OCc3ccccc3)[C@@H]2O[C@H]2O[C@H](COCc3ccccc3)[C@@H](OCc3ccccc3)[C@H](OCc3ccccc3)[C@@H]2OCc2ccccc2)cc1. The number of methoxy groups -OCH3 is 1. The maximum atomic E-state index is 11.2. The molecule has 1 saturated heterocycles. The molecule has 1 heterocycles. The molecule has 2 fully saturated rings. The Balaban J connectivity index is 1.12. The first-order valence-corrected chi connectivity index (χ1v) is 29.5. The van der Waals surface area contributed by atoms with Crippen molar-refractivity contribution >= 4 is 0 Å². The zero-order chi connectivity index (χ0) is 59.0. The summed E-state index contributed by atoms with van der Waals surface area (Å²) in [5.41, 5.74) is 7.33. The van der Waals surface area contributed by atoms with E-state index in [1.165, 1.54) is 0 Å². The summed E-state index contributed by atoms with van der Waals surface area (Å²) in [6.45, 7) is 0.606. The number of benzene rings is 8. The highest BCUT2D eigenvalue weighted by atomic mass is 16.7. The van der Waals surface area contributed by atoms with Crippen LogP contribution in [0.5, 0.6) is 5.75 Å². The standard InChI is InChI=1S/C72H78O14/c1-75-61-39-37-59(38-40-61)49-82-69-67(84-50-60(74)41-73)65(79-45-55-29-15-5-16-30-55)66(80-46-56-31-17-6-18-32-56)68(81-47-57-33-19-7-20-34-57)70(69)86-72-71(83-48-58-35-21-8-22-36-58)64(78-44-54-27-13-4-14-28-54)63(77-43-53-25-11-3-12-26-53)62(85-72)51-76-42-52-23-9-2-10-24-52/h2-40,60,62-74H,41-51H2,1H3/t60-,62+,63+,64-,65+,66+,67-,68-,69+,70-,71-,72+/m0/s1. The summed E-state index contributed by atoms with van der Waals surface area (Å²) in [5, 5.41) is 21.5. The third kappa shape index (κ3) is 18.1. The van der Waals surface area contributed by atoms with Crippen LogP contribution >= 0.6 is 0 Å². The maximum absolute atomic E-state index is 11.2. The summed E-state index contributed by atoms with van der Waals surface area (Å²) < 4.78 is 84.7. The lowest BCUT2D eigenvalue weighted by atomic mass is 9.83. The predicted molar refractivity (Wildman–Crippen MR) is 324 cm³/mol. The highest BCUT2D eigenvalue weighted by Crippen LogP contribution is 2.40. The minimum Gasteiger partial charge on any atom is -0.497 e. The Labute approximate surface area is 505 Å². The first kappa shape index (κ1) is 62.1. The molecule has 1 aliphatic carbocycles. The second kappa shape index (κ2) is 33.2. The van der Waals surface area contributed by atoms with Gasteiger partial charge in [-0.15, -0.1) is 0 Å². The third-order valence-electron chi connectivity index (χ3n) is 15.2. The van der Waals surface area contributed by atoms with E-state index in [1.807, 2.05) is 237 Å².